The van der Waals surface area contributed by atoms with Crippen LogP contribution in [0.1, 0.15) is 189 Å². The van der Waals surface area contributed by atoms with Gasteiger partial charge in [-0.2, -0.15) is 0 Å². The maximum atomic E-state index is 12.7. The lowest BCUT2D eigenvalue weighted by Gasteiger charge is -2.41. The SMILES string of the molecule is CCCCC(CC)CC(C)(CC(CC)CCCC)C(CCCCCCCCCCCCCCC(=O)O)C(=O)O. The van der Waals surface area contributed by atoms with Crippen LogP contribution >= 0.6 is 0 Å². The lowest BCUT2D eigenvalue weighted by Crippen LogP contribution is -2.37. The van der Waals surface area contributed by atoms with E-state index in [2.05, 4.69) is 34.6 Å². The van der Waals surface area contributed by atoms with Gasteiger partial charge < -0.3 is 10.2 Å². The molecule has 3 atom stereocenters. The van der Waals surface area contributed by atoms with Gasteiger partial charge in [0, 0.05) is 6.42 Å². The Hall–Kier alpha value is -1.06. The Kier molecular flexibility index (Phi) is 24.0. The molecule has 232 valence electrons. The molecule has 0 aromatic heterocycles. The summed E-state index contributed by atoms with van der Waals surface area (Å²) < 4.78 is 0. The van der Waals surface area contributed by atoms with E-state index in [1.54, 1.807) is 0 Å². The summed E-state index contributed by atoms with van der Waals surface area (Å²) in [6, 6.07) is 0. The third-order valence-corrected chi connectivity index (χ3v) is 9.37. The van der Waals surface area contributed by atoms with Crippen molar-refractivity contribution in [3.05, 3.63) is 0 Å². The van der Waals surface area contributed by atoms with Gasteiger partial charge in [-0.1, -0.05) is 157 Å². The van der Waals surface area contributed by atoms with Crippen molar-refractivity contribution in [3.63, 3.8) is 0 Å². The van der Waals surface area contributed by atoms with Crippen molar-refractivity contribution in [2.75, 3.05) is 0 Å². The molecule has 4 heteroatoms. The van der Waals surface area contributed by atoms with Gasteiger partial charge in [-0.25, -0.2) is 0 Å². The molecular weight excluding hydrogens is 484 g/mol. The van der Waals surface area contributed by atoms with Crippen LogP contribution in [0.15, 0.2) is 0 Å². The monoisotopic (exact) mass is 553 g/mol. The van der Waals surface area contributed by atoms with E-state index in [1.807, 2.05) is 0 Å². The maximum Gasteiger partial charge on any atom is 0.307 e. The van der Waals surface area contributed by atoms with E-state index >= 15 is 0 Å². The molecule has 0 amide bonds. The van der Waals surface area contributed by atoms with Crippen molar-refractivity contribution in [2.24, 2.45) is 23.2 Å². The van der Waals surface area contributed by atoms with E-state index in [1.165, 1.54) is 96.3 Å². The van der Waals surface area contributed by atoms with Crippen molar-refractivity contribution >= 4 is 11.9 Å². The van der Waals surface area contributed by atoms with Crippen LogP contribution in [-0.4, -0.2) is 22.2 Å². The van der Waals surface area contributed by atoms with Crippen LogP contribution in [-0.2, 0) is 9.59 Å². The molecule has 0 saturated heterocycles. The summed E-state index contributed by atoms with van der Waals surface area (Å²) in [6.45, 7) is 11.5. The van der Waals surface area contributed by atoms with Gasteiger partial charge in [0.2, 0.25) is 0 Å². The summed E-state index contributed by atoms with van der Waals surface area (Å²) in [5.41, 5.74) is -0.109. The van der Waals surface area contributed by atoms with E-state index in [4.69, 9.17) is 5.11 Å². The van der Waals surface area contributed by atoms with Crippen molar-refractivity contribution < 1.29 is 19.8 Å². The third-order valence-electron chi connectivity index (χ3n) is 9.37. The van der Waals surface area contributed by atoms with E-state index in [0.717, 1.165) is 51.4 Å². The van der Waals surface area contributed by atoms with Crippen LogP contribution < -0.4 is 0 Å². The summed E-state index contributed by atoms with van der Waals surface area (Å²) in [4.78, 5) is 23.2. The van der Waals surface area contributed by atoms with Crippen LogP contribution in [0.3, 0.4) is 0 Å². The molecule has 0 aromatic rings. The first-order valence-electron chi connectivity index (χ1n) is 17.2. The average molecular weight is 553 g/mol. The predicted octanol–water partition coefficient (Wildman–Crippen LogP) is 11.5. The molecule has 3 unspecified atom stereocenters. The Morgan fingerprint density at radius 3 is 1.28 bits per heavy atom. The van der Waals surface area contributed by atoms with Crippen LogP contribution in [0, 0.1) is 23.2 Å². The molecule has 0 radical (unpaired) electrons. The lowest BCUT2D eigenvalue weighted by molar-refractivity contribution is -0.148. The van der Waals surface area contributed by atoms with Gasteiger partial charge in [0.15, 0.2) is 0 Å². The maximum absolute atomic E-state index is 12.7. The number of rotatable bonds is 29. The smallest absolute Gasteiger partial charge is 0.307 e. The molecule has 0 aliphatic rings. The number of unbranched alkanes of at least 4 members (excludes halogenated alkanes) is 13. The van der Waals surface area contributed by atoms with Crippen molar-refractivity contribution in [1.82, 2.24) is 0 Å². The van der Waals surface area contributed by atoms with Crippen LogP contribution in [0.5, 0.6) is 0 Å². The summed E-state index contributed by atoms with van der Waals surface area (Å²) in [5.74, 6) is -0.173. The molecule has 0 rings (SSSR count). The predicted molar refractivity (Wildman–Crippen MR) is 167 cm³/mol. The third kappa shape index (κ3) is 19.6. The number of hydrogen-bond acceptors (Lipinski definition) is 2. The lowest BCUT2D eigenvalue weighted by atomic mass is 9.63. The first-order chi connectivity index (χ1) is 18.7. The highest BCUT2D eigenvalue weighted by Gasteiger charge is 2.41. The Bertz CT molecular complexity index is 569. The molecule has 0 aromatic carbocycles. The van der Waals surface area contributed by atoms with Gasteiger partial charge in [-0.15, -0.1) is 0 Å². The van der Waals surface area contributed by atoms with Crippen molar-refractivity contribution in [3.8, 4) is 0 Å². The topological polar surface area (TPSA) is 74.6 Å². The molecule has 4 nitrogen and oxygen atoms in total. The number of carbonyl (C=O) groups is 2. The minimum Gasteiger partial charge on any atom is -0.481 e. The van der Waals surface area contributed by atoms with Gasteiger partial charge in [0.25, 0.3) is 0 Å². The first kappa shape index (κ1) is 37.9. The largest absolute Gasteiger partial charge is 0.481 e. The van der Waals surface area contributed by atoms with Gasteiger partial charge in [0.1, 0.15) is 0 Å². The second-order valence-electron chi connectivity index (χ2n) is 13.0. The highest BCUT2D eigenvalue weighted by atomic mass is 16.4. The fourth-order valence-corrected chi connectivity index (χ4v) is 6.74. The van der Waals surface area contributed by atoms with Gasteiger partial charge in [0.05, 0.1) is 5.92 Å². The highest BCUT2D eigenvalue weighted by Crippen LogP contribution is 2.46. The fraction of sp³-hybridized carbons (Fsp3) is 0.943. The Morgan fingerprint density at radius 1 is 0.564 bits per heavy atom. The number of hydrogen-bond donors (Lipinski definition) is 2. The average Bonchev–Trinajstić information content (AvgIpc) is 2.90. The molecule has 39 heavy (non-hydrogen) atoms. The van der Waals surface area contributed by atoms with Gasteiger partial charge >= 0.3 is 11.9 Å². The zero-order valence-electron chi connectivity index (χ0n) is 26.9. The molecule has 0 fully saturated rings. The van der Waals surface area contributed by atoms with Crippen molar-refractivity contribution in [2.45, 2.75) is 189 Å². The molecule has 0 bridgehead atoms. The Morgan fingerprint density at radius 2 is 0.949 bits per heavy atom. The van der Waals surface area contributed by atoms with Crippen molar-refractivity contribution in [1.29, 1.82) is 0 Å². The van der Waals surface area contributed by atoms with E-state index in [-0.39, 0.29) is 11.3 Å². The van der Waals surface area contributed by atoms with Crippen LogP contribution in [0.25, 0.3) is 0 Å². The summed E-state index contributed by atoms with van der Waals surface area (Å²) >= 11 is 0. The number of aliphatic carboxylic acids is 2. The molecular formula is C35H68O4. The molecule has 0 aliphatic heterocycles. The van der Waals surface area contributed by atoms with E-state index in [9.17, 15) is 14.7 Å². The van der Waals surface area contributed by atoms with Crippen LogP contribution in [0.4, 0.5) is 0 Å². The summed E-state index contributed by atoms with van der Waals surface area (Å²) in [6.07, 6.45) is 27.1. The normalized spacial score (nSPS) is 15.5. The molecule has 0 saturated carbocycles. The molecule has 0 aliphatic carbocycles. The standard InChI is InChI=1S/C35H68O4/c1-6-10-24-30(8-3)28-35(5,29-31(9-4)25-11-7-2)32(34(38)39)26-22-20-18-16-14-12-13-15-17-19-21-23-27-33(36)37/h30-32H,6-29H2,1-5H3,(H,36,37)(H,38,39). The van der Waals surface area contributed by atoms with E-state index in [0.29, 0.717) is 18.3 Å². The van der Waals surface area contributed by atoms with Gasteiger partial charge in [-0.05, 0) is 42.9 Å². The second-order valence-corrected chi connectivity index (χ2v) is 13.0. The molecule has 2 N–H and O–H groups in total. The van der Waals surface area contributed by atoms with Crippen LogP contribution in [0.2, 0.25) is 0 Å². The minimum absolute atomic E-state index is 0.109. The van der Waals surface area contributed by atoms with E-state index < -0.39 is 11.9 Å². The highest BCUT2D eigenvalue weighted by molar-refractivity contribution is 5.71. The number of carboxylic acid groups (broad SMARTS) is 2. The molecule has 0 heterocycles. The summed E-state index contributed by atoms with van der Waals surface area (Å²) in [7, 11) is 0. The zero-order valence-corrected chi connectivity index (χ0v) is 26.9. The first-order valence-corrected chi connectivity index (χ1v) is 17.2. The summed E-state index contributed by atoms with van der Waals surface area (Å²) in [5, 5.41) is 19.1. The Balaban J connectivity index is 4.64. The fourth-order valence-electron chi connectivity index (χ4n) is 6.74. The van der Waals surface area contributed by atoms with Gasteiger partial charge in [-0.3, -0.25) is 9.59 Å². The Labute approximate surface area is 243 Å². The number of carboxylic acids is 2. The quantitative estimate of drug-likeness (QED) is 0.0905. The molecule has 0 spiro atoms. The zero-order chi connectivity index (χ0) is 29.4. The second kappa shape index (κ2) is 24.7. The minimum atomic E-state index is -0.678.